The van der Waals surface area contributed by atoms with Crippen molar-refractivity contribution in [1.29, 1.82) is 0 Å². The molecule has 0 atom stereocenters. The number of hydrogen-bond donors (Lipinski definition) is 1. The van der Waals surface area contributed by atoms with Crippen molar-refractivity contribution in [3.05, 3.63) is 69.9 Å². The molecule has 0 spiro atoms. The quantitative estimate of drug-likeness (QED) is 0.490. The highest BCUT2D eigenvalue weighted by molar-refractivity contribution is 6.36. The Morgan fingerprint density at radius 1 is 1.00 bits per heavy atom. The van der Waals surface area contributed by atoms with E-state index >= 15 is 0 Å². The molecule has 1 aliphatic heterocycles. The highest BCUT2D eigenvalue weighted by atomic mass is 35.5. The highest BCUT2D eigenvalue weighted by Gasteiger charge is 2.14. The van der Waals surface area contributed by atoms with Gasteiger partial charge < -0.3 is 13.9 Å². The van der Waals surface area contributed by atoms with Crippen molar-refractivity contribution in [2.24, 2.45) is 5.10 Å². The molecule has 0 radical (unpaired) electrons. The first-order valence-electron chi connectivity index (χ1n) is 8.38. The third-order valence-corrected chi connectivity index (χ3v) is 4.53. The van der Waals surface area contributed by atoms with Crippen molar-refractivity contribution < 1.29 is 18.7 Å². The predicted octanol–water partition coefficient (Wildman–Crippen LogP) is 4.79. The number of furan rings is 1. The summed E-state index contributed by atoms with van der Waals surface area (Å²) in [4.78, 5) is 12.2. The summed E-state index contributed by atoms with van der Waals surface area (Å²) in [6.07, 6.45) is 1.41. The minimum absolute atomic E-state index is 0.374. The minimum atomic E-state index is -0.374. The van der Waals surface area contributed by atoms with Crippen LogP contribution >= 0.6 is 23.2 Å². The summed E-state index contributed by atoms with van der Waals surface area (Å²) >= 11 is 12.1. The molecule has 1 amide bonds. The Labute approximate surface area is 170 Å². The van der Waals surface area contributed by atoms with Crippen molar-refractivity contribution >= 4 is 35.3 Å². The minimum Gasteiger partial charge on any atom is -0.486 e. The van der Waals surface area contributed by atoms with Gasteiger partial charge in [0.1, 0.15) is 24.7 Å². The van der Waals surface area contributed by atoms with Crippen LogP contribution in [-0.2, 0) is 0 Å². The fourth-order valence-corrected chi connectivity index (χ4v) is 3.16. The number of halogens is 2. The van der Waals surface area contributed by atoms with E-state index in [0.717, 1.165) is 0 Å². The van der Waals surface area contributed by atoms with Crippen LogP contribution in [0.2, 0.25) is 10.0 Å². The van der Waals surface area contributed by atoms with Crippen molar-refractivity contribution in [1.82, 2.24) is 5.43 Å². The van der Waals surface area contributed by atoms with Crippen molar-refractivity contribution in [2.75, 3.05) is 13.2 Å². The van der Waals surface area contributed by atoms with Crippen LogP contribution in [0.4, 0.5) is 0 Å². The smallest absolute Gasteiger partial charge is 0.271 e. The maximum atomic E-state index is 12.2. The average Bonchev–Trinajstić information content (AvgIpc) is 3.16. The Morgan fingerprint density at radius 3 is 2.64 bits per heavy atom. The number of nitrogens with one attached hydrogen (secondary N) is 1. The van der Waals surface area contributed by atoms with E-state index in [4.69, 9.17) is 37.1 Å². The lowest BCUT2D eigenvalue weighted by Crippen LogP contribution is -2.19. The van der Waals surface area contributed by atoms with E-state index in [2.05, 4.69) is 10.5 Å². The fraction of sp³-hybridized carbons (Fsp3) is 0.100. The summed E-state index contributed by atoms with van der Waals surface area (Å²) in [6, 6.07) is 13.6. The number of hydrogen-bond acceptors (Lipinski definition) is 5. The molecule has 4 rings (SSSR count). The molecule has 1 aromatic heterocycles. The zero-order chi connectivity index (χ0) is 19.5. The summed E-state index contributed by atoms with van der Waals surface area (Å²) in [6.45, 7) is 0.948. The molecule has 1 N–H and O–H groups in total. The van der Waals surface area contributed by atoms with Crippen molar-refractivity contribution in [3.63, 3.8) is 0 Å². The highest BCUT2D eigenvalue weighted by Crippen LogP contribution is 2.32. The van der Waals surface area contributed by atoms with Crippen LogP contribution in [0.5, 0.6) is 11.5 Å². The van der Waals surface area contributed by atoms with Gasteiger partial charge in [0.05, 0.1) is 11.2 Å². The van der Waals surface area contributed by atoms with E-state index in [-0.39, 0.29) is 5.91 Å². The second kappa shape index (κ2) is 7.96. The monoisotopic (exact) mass is 416 g/mol. The molecule has 8 heteroatoms. The molecule has 2 heterocycles. The van der Waals surface area contributed by atoms with Crippen LogP contribution in [0.15, 0.2) is 58.0 Å². The van der Waals surface area contributed by atoms with E-state index in [1.165, 1.54) is 6.21 Å². The van der Waals surface area contributed by atoms with Crippen LogP contribution in [0.3, 0.4) is 0 Å². The first kappa shape index (κ1) is 18.4. The second-order valence-electron chi connectivity index (χ2n) is 5.88. The number of benzene rings is 2. The molecule has 0 saturated heterocycles. The third-order valence-electron chi connectivity index (χ3n) is 3.99. The van der Waals surface area contributed by atoms with Gasteiger partial charge in [0.25, 0.3) is 5.91 Å². The van der Waals surface area contributed by atoms with Crippen LogP contribution in [0, 0.1) is 0 Å². The zero-order valence-corrected chi connectivity index (χ0v) is 16.0. The summed E-state index contributed by atoms with van der Waals surface area (Å²) in [7, 11) is 0. The van der Waals surface area contributed by atoms with Gasteiger partial charge in [-0.1, -0.05) is 23.2 Å². The van der Waals surface area contributed by atoms with E-state index in [1.54, 1.807) is 48.5 Å². The van der Waals surface area contributed by atoms with Crippen LogP contribution in [0.1, 0.15) is 16.1 Å². The third kappa shape index (κ3) is 3.98. The molecular formula is C20H14Cl2N2O4. The number of amides is 1. The number of nitrogens with zero attached hydrogens (tertiary/aromatic N) is 1. The Morgan fingerprint density at radius 2 is 1.82 bits per heavy atom. The molecule has 28 heavy (non-hydrogen) atoms. The van der Waals surface area contributed by atoms with Gasteiger partial charge >= 0.3 is 0 Å². The first-order chi connectivity index (χ1) is 13.6. The average molecular weight is 417 g/mol. The number of rotatable bonds is 4. The number of fused-ring (bicyclic) bond motifs is 1. The van der Waals surface area contributed by atoms with Gasteiger partial charge in [-0.25, -0.2) is 5.43 Å². The van der Waals surface area contributed by atoms with E-state index in [1.807, 2.05) is 0 Å². The molecule has 0 fully saturated rings. The molecule has 3 aromatic rings. The zero-order valence-electron chi connectivity index (χ0n) is 14.4. The van der Waals surface area contributed by atoms with Gasteiger partial charge in [-0.05, 0) is 48.5 Å². The molecule has 2 aromatic carbocycles. The van der Waals surface area contributed by atoms with Crippen molar-refractivity contribution in [3.8, 4) is 22.8 Å². The lowest BCUT2D eigenvalue weighted by molar-refractivity contribution is 0.0954. The molecule has 1 aliphatic rings. The van der Waals surface area contributed by atoms with Crippen LogP contribution in [-0.4, -0.2) is 25.3 Å². The molecule has 0 bridgehead atoms. The summed E-state index contributed by atoms with van der Waals surface area (Å²) < 4.78 is 16.6. The Bertz CT molecular complexity index is 1060. The molecule has 0 saturated carbocycles. The lowest BCUT2D eigenvalue weighted by atomic mass is 10.2. The van der Waals surface area contributed by atoms with Crippen LogP contribution in [0.25, 0.3) is 11.3 Å². The van der Waals surface area contributed by atoms with E-state index in [9.17, 15) is 4.79 Å². The second-order valence-corrected chi connectivity index (χ2v) is 6.73. The first-order valence-corrected chi connectivity index (χ1v) is 9.14. The topological polar surface area (TPSA) is 73.1 Å². The van der Waals surface area contributed by atoms with Gasteiger partial charge in [0.15, 0.2) is 11.5 Å². The van der Waals surface area contributed by atoms with Gasteiger partial charge in [0, 0.05) is 16.1 Å². The number of carbonyl (C=O) groups is 1. The maximum Gasteiger partial charge on any atom is 0.271 e. The number of hydrazone groups is 1. The maximum absolute atomic E-state index is 12.2. The van der Waals surface area contributed by atoms with Gasteiger partial charge in [-0.15, -0.1) is 0 Å². The summed E-state index contributed by atoms with van der Waals surface area (Å²) in [5.74, 6) is 1.82. The Balaban J connectivity index is 1.42. The van der Waals surface area contributed by atoms with Gasteiger partial charge in [-0.3, -0.25) is 4.79 Å². The SMILES string of the molecule is O=C(N/N=C/c1ccc(-c2ccc(Cl)cc2Cl)o1)c1ccc2c(c1)OCCO2. The molecule has 0 aliphatic carbocycles. The normalized spacial score (nSPS) is 12.9. The van der Waals surface area contributed by atoms with Crippen molar-refractivity contribution in [2.45, 2.75) is 0 Å². The van der Waals surface area contributed by atoms with Crippen LogP contribution < -0.4 is 14.9 Å². The van der Waals surface area contributed by atoms with Gasteiger partial charge in [0.2, 0.25) is 0 Å². The number of carbonyl (C=O) groups excluding carboxylic acids is 1. The Kier molecular flexibility index (Phi) is 5.23. The molecule has 6 nitrogen and oxygen atoms in total. The standard InChI is InChI=1S/C20H14Cl2N2O4/c21-13-2-4-15(16(22)10-13)17-6-3-14(28-17)11-23-24-20(25)12-1-5-18-19(9-12)27-8-7-26-18/h1-6,9-11H,7-8H2,(H,24,25)/b23-11+. The molecule has 142 valence electrons. The summed E-state index contributed by atoms with van der Waals surface area (Å²) in [5, 5.41) is 4.96. The molecule has 0 unspecified atom stereocenters. The summed E-state index contributed by atoms with van der Waals surface area (Å²) in [5.41, 5.74) is 3.58. The van der Waals surface area contributed by atoms with E-state index < -0.39 is 0 Å². The predicted molar refractivity (Wildman–Crippen MR) is 107 cm³/mol. The largest absolute Gasteiger partial charge is 0.486 e. The lowest BCUT2D eigenvalue weighted by Gasteiger charge is -2.18. The number of ether oxygens (including phenoxy) is 2. The molecular weight excluding hydrogens is 403 g/mol. The Hall–Kier alpha value is -2.96. The van der Waals surface area contributed by atoms with Gasteiger partial charge in [-0.2, -0.15) is 5.10 Å². The fourth-order valence-electron chi connectivity index (χ4n) is 2.66. The van der Waals surface area contributed by atoms with E-state index in [0.29, 0.717) is 57.4 Å².